The third-order valence-corrected chi connectivity index (χ3v) is 5.33. The molecule has 1 aromatic heterocycles. The zero-order chi connectivity index (χ0) is 17.1. The van der Waals surface area contributed by atoms with Crippen molar-refractivity contribution in [2.45, 2.75) is 13.5 Å². The maximum absolute atomic E-state index is 12.5. The Morgan fingerprint density at radius 1 is 1.04 bits per heavy atom. The number of anilines is 1. The van der Waals surface area contributed by atoms with Crippen molar-refractivity contribution in [3.05, 3.63) is 64.4 Å². The summed E-state index contributed by atoms with van der Waals surface area (Å²) in [6.45, 7) is 3.14. The fourth-order valence-electron chi connectivity index (χ4n) is 2.70. The first-order valence-corrected chi connectivity index (χ1v) is 8.89. The van der Waals surface area contributed by atoms with E-state index in [0.717, 1.165) is 5.69 Å². The second kappa shape index (κ2) is 7.05. The average molecular weight is 338 g/mol. The standard InChI is InChI=1S/C20H22N2OS/c1-15-10-11-24-19(15)13-22(3)20(23)14-21(2)18-9-8-16-6-4-5-7-17(16)12-18/h4-12H,13-14H2,1-3H3. The van der Waals surface area contributed by atoms with Crippen molar-refractivity contribution in [3.8, 4) is 0 Å². The maximum atomic E-state index is 12.5. The van der Waals surface area contributed by atoms with Gasteiger partial charge in [0.1, 0.15) is 0 Å². The van der Waals surface area contributed by atoms with Gasteiger partial charge in [0.15, 0.2) is 0 Å². The Balaban J connectivity index is 1.67. The number of amides is 1. The van der Waals surface area contributed by atoms with Crippen molar-refractivity contribution < 1.29 is 4.79 Å². The molecular weight excluding hydrogens is 316 g/mol. The molecule has 0 aliphatic carbocycles. The lowest BCUT2D eigenvalue weighted by Crippen LogP contribution is -2.36. The molecule has 1 amide bonds. The zero-order valence-electron chi connectivity index (χ0n) is 14.3. The van der Waals surface area contributed by atoms with Crippen LogP contribution in [-0.2, 0) is 11.3 Å². The van der Waals surface area contributed by atoms with Gasteiger partial charge >= 0.3 is 0 Å². The van der Waals surface area contributed by atoms with Crippen molar-refractivity contribution in [1.82, 2.24) is 4.90 Å². The summed E-state index contributed by atoms with van der Waals surface area (Å²) in [6, 6.07) is 16.7. The summed E-state index contributed by atoms with van der Waals surface area (Å²) in [5, 5.41) is 4.48. The lowest BCUT2D eigenvalue weighted by molar-refractivity contribution is -0.128. The molecule has 0 saturated carbocycles. The second-order valence-electron chi connectivity index (χ2n) is 6.16. The molecule has 0 fully saturated rings. The number of carbonyl (C=O) groups excluding carboxylic acids is 1. The van der Waals surface area contributed by atoms with Crippen LogP contribution in [0.1, 0.15) is 10.4 Å². The van der Waals surface area contributed by atoms with Crippen LogP contribution >= 0.6 is 11.3 Å². The van der Waals surface area contributed by atoms with E-state index in [1.807, 2.05) is 31.1 Å². The first-order chi connectivity index (χ1) is 11.5. The highest BCUT2D eigenvalue weighted by atomic mass is 32.1. The van der Waals surface area contributed by atoms with Crippen molar-refractivity contribution in [2.75, 3.05) is 25.5 Å². The van der Waals surface area contributed by atoms with Gasteiger partial charge in [-0.05, 0) is 46.8 Å². The molecule has 0 N–H and O–H groups in total. The minimum absolute atomic E-state index is 0.124. The quantitative estimate of drug-likeness (QED) is 0.692. The number of benzene rings is 2. The fourth-order valence-corrected chi connectivity index (χ4v) is 3.66. The second-order valence-corrected chi connectivity index (χ2v) is 7.16. The summed E-state index contributed by atoms with van der Waals surface area (Å²) in [6.07, 6.45) is 0. The zero-order valence-corrected chi connectivity index (χ0v) is 15.1. The SMILES string of the molecule is Cc1ccsc1CN(C)C(=O)CN(C)c1ccc2ccccc2c1. The first kappa shape index (κ1) is 16.5. The molecule has 4 heteroatoms. The molecule has 0 radical (unpaired) electrons. The Morgan fingerprint density at radius 2 is 1.79 bits per heavy atom. The Hall–Kier alpha value is -2.33. The molecule has 0 spiro atoms. The van der Waals surface area contributed by atoms with E-state index in [2.05, 4.69) is 48.7 Å². The first-order valence-electron chi connectivity index (χ1n) is 8.01. The highest BCUT2D eigenvalue weighted by Crippen LogP contribution is 2.22. The topological polar surface area (TPSA) is 23.6 Å². The van der Waals surface area contributed by atoms with Crippen LogP contribution < -0.4 is 4.90 Å². The largest absolute Gasteiger partial charge is 0.365 e. The van der Waals surface area contributed by atoms with E-state index in [9.17, 15) is 4.79 Å². The molecule has 0 aliphatic heterocycles. The van der Waals surface area contributed by atoms with Crippen LogP contribution in [0.25, 0.3) is 10.8 Å². The van der Waals surface area contributed by atoms with Gasteiger partial charge in [-0.15, -0.1) is 11.3 Å². The van der Waals surface area contributed by atoms with Gasteiger partial charge in [-0.2, -0.15) is 0 Å². The highest BCUT2D eigenvalue weighted by molar-refractivity contribution is 7.10. The molecule has 3 nitrogen and oxygen atoms in total. The van der Waals surface area contributed by atoms with Gasteiger partial charge in [0.2, 0.25) is 5.91 Å². The predicted molar refractivity (Wildman–Crippen MR) is 103 cm³/mol. The van der Waals surface area contributed by atoms with E-state index < -0.39 is 0 Å². The number of hydrogen-bond donors (Lipinski definition) is 0. The smallest absolute Gasteiger partial charge is 0.242 e. The molecule has 0 atom stereocenters. The minimum atomic E-state index is 0.124. The summed E-state index contributed by atoms with van der Waals surface area (Å²) >= 11 is 1.70. The van der Waals surface area contributed by atoms with E-state index in [1.165, 1.54) is 21.2 Å². The van der Waals surface area contributed by atoms with E-state index in [4.69, 9.17) is 0 Å². The molecule has 3 aromatic rings. The normalized spacial score (nSPS) is 10.8. The molecule has 0 aliphatic rings. The molecule has 0 bridgehead atoms. The third-order valence-electron chi connectivity index (χ3n) is 4.32. The molecule has 3 rings (SSSR count). The van der Waals surface area contributed by atoms with Gasteiger partial charge < -0.3 is 9.80 Å². The predicted octanol–water partition coefficient (Wildman–Crippen LogP) is 4.30. The minimum Gasteiger partial charge on any atom is -0.365 e. The van der Waals surface area contributed by atoms with Crippen LogP contribution in [-0.4, -0.2) is 31.4 Å². The van der Waals surface area contributed by atoms with Gasteiger partial charge in [-0.3, -0.25) is 4.79 Å². The van der Waals surface area contributed by atoms with E-state index in [-0.39, 0.29) is 5.91 Å². The molecule has 0 saturated heterocycles. The average Bonchev–Trinajstić information content (AvgIpc) is 2.99. The molecular formula is C20H22N2OS. The fraction of sp³-hybridized carbons (Fsp3) is 0.250. The number of rotatable bonds is 5. The Kier molecular flexibility index (Phi) is 4.86. The lowest BCUT2D eigenvalue weighted by Gasteiger charge is -2.23. The van der Waals surface area contributed by atoms with E-state index in [1.54, 1.807) is 16.2 Å². The van der Waals surface area contributed by atoms with E-state index in [0.29, 0.717) is 13.1 Å². The van der Waals surface area contributed by atoms with Crippen molar-refractivity contribution in [1.29, 1.82) is 0 Å². The Labute approximate surface area is 147 Å². The summed E-state index contributed by atoms with van der Waals surface area (Å²) < 4.78 is 0. The molecule has 24 heavy (non-hydrogen) atoms. The number of carbonyl (C=O) groups is 1. The van der Waals surface area contributed by atoms with Crippen LogP contribution in [0.15, 0.2) is 53.9 Å². The van der Waals surface area contributed by atoms with Crippen LogP contribution in [0, 0.1) is 6.92 Å². The van der Waals surface area contributed by atoms with Crippen LogP contribution in [0.5, 0.6) is 0 Å². The van der Waals surface area contributed by atoms with Crippen molar-refractivity contribution in [3.63, 3.8) is 0 Å². The molecule has 124 valence electrons. The number of fused-ring (bicyclic) bond motifs is 1. The van der Waals surface area contributed by atoms with Gasteiger partial charge in [0.05, 0.1) is 13.1 Å². The van der Waals surface area contributed by atoms with Crippen molar-refractivity contribution >= 4 is 33.7 Å². The highest BCUT2D eigenvalue weighted by Gasteiger charge is 2.14. The number of likely N-dealkylation sites (N-methyl/N-ethyl adjacent to an activating group) is 2. The van der Waals surface area contributed by atoms with Gasteiger partial charge in [0, 0.05) is 24.7 Å². The maximum Gasteiger partial charge on any atom is 0.242 e. The summed E-state index contributed by atoms with van der Waals surface area (Å²) in [4.78, 5) is 17.6. The Morgan fingerprint density at radius 3 is 2.50 bits per heavy atom. The number of aryl methyl sites for hydroxylation is 1. The lowest BCUT2D eigenvalue weighted by atomic mass is 10.1. The number of nitrogens with zero attached hydrogens (tertiary/aromatic N) is 2. The molecule has 0 unspecified atom stereocenters. The van der Waals surface area contributed by atoms with Crippen LogP contribution in [0.2, 0.25) is 0 Å². The van der Waals surface area contributed by atoms with Crippen LogP contribution in [0.4, 0.5) is 5.69 Å². The number of hydrogen-bond acceptors (Lipinski definition) is 3. The summed E-state index contributed by atoms with van der Waals surface area (Å²) in [5.41, 5.74) is 2.31. The van der Waals surface area contributed by atoms with Crippen LogP contribution in [0.3, 0.4) is 0 Å². The molecule has 2 aromatic carbocycles. The summed E-state index contributed by atoms with van der Waals surface area (Å²) in [5.74, 6) is 0.124. The summed E-state index contributed by atoms with van der Waals surface area (Å²) in [7, 11) is 3.84. The van der Waals surface area contributed by atoms with Gasteiger partial charge in [0.25, 0.3) is 0 Å². The van der Waals surface area contributed by atoms with Gasteiger partial charge in [-0.1, -0.05) is 30.3 Å². The number of thiophene rings is 1. The van der Waals surface area contributed by atoms with Gasteiger partial charge in [-0.25, -0.2) is 0 Å². The third kappa shape index (κ3) is 3.60. The van der Waals surface area contributed by atoms with E-state index >= 15 is 0 Å². The van der Waals surface area contributed by atoms with Crippen molar-refractivity contribution in [2.24, 2.45) is 0 Å². The Bertz CT molecular complexity index is 855. The monoisotopic (exact) mass is 338 g/mol. The molecule has 1 heterocycles.